The molecule has 1 fully saturated rings. The molecule has 92 valence electrons. The van der Waals surface area contributed by atoms with Crippen LogP contribution in [0.2, 0.25) is 5.02 Å². The van der Waals surface area contributed by atoms with E-state index in [2.05, 4.69) is 10.3 Å². The van der Waals surface area contributed by atoms with Crippen LogP contribution in [0.1, 0.15) is 25.7 Å². The number of aliphatic imine (C=N–C) groups is 1. The van der Waals surface area contributed by atoms with Gasteiger partial charge in [0.25, 0.3) is 0 Å². The van der Waals surface area contributed by atoms with Crippen LogP contribution >= 0.6 is 11.6 Å². The topological polar surface area (TPSA) is 50.4 Å². The molecule has 3 N–H and O–H groups in total. The molecule has 1 aromatic carbocycles. The van der Waals surface area contributed by atoms with Crippen molar-refractivity contribution in [2.45, 2.75) is 31.7 Å². The summed E-state index contributed by atoms with van der Waals surface area (Å²) in [7, 11) is 0. The molecule has 17 heavy (non-hydrogen) atoms. The summed E-state index contributed by atoms with van der Waals surface area (Å²) in [5.41, 5.74) is 6.42. The minimum absolute atomic E-state index is 0.0728. The van der Waals surface area contributed by atoms with Crippen LogP contribution in [0.4, 0.5) is 10.1 Å². The Morgan fingerprint density at radius 2 is 2.12 bits per heavy atom. The van der Waals surface area contributed by atoms with E-state index < -0.39 is 5.82 Å². The number of benzene rings is 1. The molecule has 0 radical (unpaired) electrons. The van der Waals surface area contributed by atoms with E-state index in [4.69, 9.17) is 17.3 Å². The van der Waals surface area contributed by atoms with Crippen LogP contribution in [0.25, 0.3) is 0 Å². The molecule has 1 aliphatic rings. The first-order valence-electron chi connectivity index (χ1n) is 5.70. The van der Waals surface area contributed by atoms with Gasteiger partial charge in [-0.2, -0.15) is 0 Å². The van der Waals surface area contributed by atoms with Crippen LogP contribution in [0.3, 0.4) is 0 Å². The van der Waals surface area contributed by atoms with Crippen molar-refractivity contribution < 1.29 is 4.39 Å². The predicted octanol–water partition coefficient (Wildman–Crippen LogP) is 3.15. The van der Waals surface area contributed by atoms with Gasteiger partial charge in [-0.1, -0.05) is 24.4 Å². The summed E-state index contributed by atoms with van der Waals surface area (Å²) in [5.74, 6) is -0.0805. The van der Waals surface area contributed by atoms with E-state index >= 15 is 0 Å². The molecular weight excluding hydrogens is 241 g/mol. The third-order valence-electron chi connectivity index (χ3n) is 2.84. The summed E-state index contributed by atoms with van der Waals surface area (Å²) in [6.45, 7) is 0. The lowest BCUT2D eigenvalue weighted by Crippen LogP contribution is -2.24. The Morgan fingerprint density at radius 3 is 2.76 bits per heavy atom. The lowest BCUT2D eigenvalue weighted by atomic mass is 10.3. The highest BCUT2D eigenvalue weighted by Crippen LogP contribution is 2.22. The van der Waals surface area contributed by atoms with Gasteiger partial charge in [0.1, 0.15) is 5.82 Å². The van der Waals surface area contributed by atoms with Crippen molar-refractivity contribution >= 4 is 23.2 Å². The fourth-order valence-electron chi connectivity index (χ4n) is 1.98. The minimum Gasteiger partial charge on any atom is -0.370 e. The molecule has 0 atom stereocenters. The molecule has 3 nitrogen and oxygen atoms in total. The average molecular weight is 256 g/mol. The number of guanidine groups is 1. The number of halogens is 2. The third-order valence-corrected chi connectivity index (χ3v) is 3.13. The summed E-state index contributed by atoms with van der Waals surface area (Å²) in [5, 5.41) is 2.99. The van der Waals surface area contributed by atoms with E-state index in [9.17, 15) is 4.39 Å². The maximum absolute atomic E-state index is 12.9. The van der Waals surface area contributed by atoms with Gasteiger partial charge in [-0.25, -0.2) is 9.38 Å². The van der Waals surface area contributed by atoms with Crippen molar-refractivity contribution in [1.82, 2.24) is 0 Å². The summed E-state index contributed by atoms with van der Waals surface area (Å²) in [6.07, 6.45) is 4.60. The Hall–Kier alpha value is -1.29. The van der Waals surface area contributed by atoms with Crippen LogP contribution in [-0.2, 0) is 0 Å². The van der Waals surface area contributed by atoms with Gasteiger partial charge in [0, 0.05) is 5.69 Å². The maximum Gasteiger partial charge on any atom is 0.193 e. The molecule has 1 saturated carbocycles. The van der Waals surface area contributed by atoms with Gasteiger partial charge in [-0.05, 0) is 31.0 Å². The molecule has 5 heteroatoms. The van der Waals surface area contributed by atoms with E-state index in [1.165, 1.54) is 25.0 Å². The smallest absolute Gasteiger partial charge is 0.193 e. The van der Waals surface area contributed by atoms with Crippen molar-refractivity contribution in [2.75, 3.05) is 5.32 Å². The van der Waals surface area contributed by atoms with Gasteiger partial charge < -0.3 is 11.1 Å². The second-order valence-corrected chi connectivity index (χ2v) is 4.61. The van der Waals surface area contributed by atoms with Crippen molar-refractivity contribution in [3.8, 4) is 0 Å². The van der Waals surface area contributed by atoms with E-state index in [1.807, 2.05) is 0 Å². The minimum atomic E-state index is -0.441. The Balaban J connectivity index is 2.01. The molecule has 0 unspecified atom stereocenters. The number of anilines is 1. The largest absolute Gasteiger partial charge is 0.370 e. The quantitative estimate of drug-likeness (QED) is 0.630. The molecule has 1 aliphatic carbocycles. The van der Waals surface area contributed by atoms with Crippen LogP contribution in [0.5, 0.6) is 0 Å². The van der Waals surface area contributed by atoms with Gasteiger partial charge in [0.05, 0.1) is 11.1 Å². The Labute approximate surface area is 105 Å². The predicted molar refractivity (Wildman–Crippen MR) is 68.9 cm³/mol. The van der Waals surface area contributed by atoms with Crippen LogP contribution < -0.4 is 11.1 Å². The van der Waals surface area contributed by atoms with Crippen LogP contribution in [0.15, 0.2) is 23.2 Å². The zero-order valence-electron chi connectivity index (χ0n) is 9.42. The second kappa shape index (κ2) is 5.36. The molecule has 0 saturated heterocycles. The number of hydrogen-bond donors (Lipinski definition) is 2. The van der Waals surface area contributed by atoms with Gasteiger partial charge in [0.2, 0.25) is 0 Å². The van der Waals surface area contributed by atoms with Gasteiger partial charge in [0.15, 0.2) is 5.96 Å². The number of nitrogens with two attached hydrogens (primary N) is 1. The van der Waals surface area contributed by atoms with E-state index in [0.717, 1.165) is 12.8 Å². The van der Waals surface area contributed by atoms with Crippen molar-refractivity contribution in [1.29, 1.82) is 0 Å². The first-order chi connectivity index (χ1) is 8.15. The monoisotopic (exact) mass is 255 g/mol. The molecule has 2 rings (SSSR count). The standard InChI is InChI=1S/C12H15ClFN3/c13-10-7-9(5-6-11(10)14)17-12(15)16-8-3-1-2-4-8/h5-8H,1-4H2,(H3,15,16,17). The first kappa shape index (κ1) is 12.2. The Morgan fingerprint density at radius 1 is 1.41 bits per heavy atom. The Kier molecular flexibility index (Phi) is 3.84. The summed E-state index contributed by atoms with van der Waals surface area (Å²) >= 11 is 5.67. The second-order valence-electron chi connectivity index (χ2n) is 4.21. The van der Waals surface area contributed by atoms with Crippen molar-refractivity contribution in [3.63, 3.8) is 0 Å². The van der Waals surface area contributed by atoms with Crippen LogP contribution in [0, 0.1) is 5.82 Å². The molecule has 0 spiro atoms. The zero-order chi connectivity index (χ0) is 12.3. The summed E-state index contributed by atoms with van der Waals surface area (Å²) < 4.78 is 12.9. The van der Waals surface area contributed by atoms with Gasteiger partial charge in [-0.15, -0.1) is 0 Å². The summed E-state index contributed by atoms with van der Waals surface area (Å²) in [4.78, 5) is 4.37. The molecule has 0 bridgehead atoms. The zero-order valence-corrected chi connectivity index (χ0v) is 10.2. The number of rotatable bonds is 2. The maximum atomic E-state index is 12.9. The molecule has 1 aromatic rings. The lowest BCUT2D eigenvalue weighted by molar-refractivity contribution is 0.628. The van der Waals surface area contributed by atoms with Crippen molar-refractivity contribution in [3.05, 3.63) is 29.0 Å². The highest BCUT2D eigenvalue weighted by molar-refractivity contribution is 6.31. The van der Waals surface area contributed by atoms with E-state index in [-0.39, 0.29) is 5.02 Å². The SMILES string of the molecule is NC(=NC1CCCC1)Nc1ccc(F)c(Cl)c1. The molecule has 0 heterocycles. The third kappa shape index (κ3) is 3.33. The van der Waals surface area contributed by atoms with Crippen LogP contribution in [-0.4, -0.2) is 12.0 Å². The molecule has 0 amide bonds. The highest BCUT2D eigenvalue weighted by Gasteiger charge is 2.13. The number of hydrogen-bond acceptors (Lipinski definition) is 1. The lowest BCUT2D eigenvalue weighted by Gasteiger charge is -2.08. The fraction of sp³-hybridized carbons (Fsp3) is 0.417. The molecule has 0 aromatic heterocycles. The molecule has 0 aliphatic heterocycles. The van der Waals surface area contributed by atoms with Gasteiger partial charge in [-0.3, -0.25) is 0 Å². The van der Waals surface area contributed by atoms with E-state index in [1.54, 1.807) is 6.07 Å². The average Bonchev–Trinajstić information content (AvgIpc) is 2.76. The fourth-order valence-corrected chi connectivity index (χ4v) is 2.16. The van der Waals surface area contributed by atoms with E-state index in [0.29, 0.717) is 17.7 Å². The van der Waals surface area contributed by atoms with Crippen molar-refractivity contribution in [2.24, 2.45) is 10.7 Å². The summed E-state index contributed by atoms with van der Waals surface area (Å²) in [6, 6.07) is 4.69. The Bertz CT molecular complexity index is 428. The van der Waals surface area contributed by atoms with Gasteiger partial charge >= 0.3 is 0 Å². The first-order valence-corrected chi connectivity index (χ1v) is 6.08. The normalized spacial score (nSPS) is 17.4. The highest BCUT2D eigenvalue weighted by atomic mass is 35.5. The molecular formula is C12H15ClFN3. The number of nitrogens with zero attached hydrogens (tertiary/aromatic N) is 1. The number of nitrogens with one attached hydrogen (secondary N) is 1.